The third-order valence-electron chi connectivity index (χ3n) is 5.01. The number of aromatic nitrogens is 2. The maximum atomic E-state index is 12.6. The molecule has 0 radical (unpaired) electrons. The van der Waals surface area contributed by atoms with Crippen molar-refractivity contribution in [2.24, 2.45) is 0 Å². The Labute approximate surface area is 161 Å². The number of hydrogen-bond acceptors (Lipinski definition) is 4. The van der Waals surface area contributed by atoms with Gasteiger partial charge in [0, 0.05) is 24.8 Å². The molecule has 1 aromatic heterocycles. The molecule has 28 heavy (non-hydrogen) atoms. The van der Waals surface area contributed by atoms with Crippen LogP contribution in [0.4, 0.5) is 11.4 Å². The third kappa shape index (κ3) is 3.15. The summed E-state index contributed by atoms with van der Waals surface area (Å²) in [5.41, 5.74) is 3.88. The topological polar surface area (TPSA) is 84.3 Å². The molecule has 0 spiro atoms. The molecule has 3 aromatic rings. The molecule has 1 aliphatic heterocycles. The molecule has 0 bridgehead atoms. The Kier molecular flexibility index (Phi) is 4.43. The first-order chi connectivity index (χ1) is 13.4. The van der Waals surface area contributed by atoms with Gasteiger partial charge >= 0.3 is 0 Å². The summed E-state index contributed by atoms with van der Waals surface area (Å²) in [6, 6.07) is 10.9. The van der Waals surface area contributed by atoms with Gasteiger partial charge in [0.2, 0.25) is 11.8 Å². The Morgan fingerprint density at radius 1 is 1.21 bits per heavy atom. The van der Waals surface area contributed by atoms with E-state index < -0.39 is 0 Å². The highest BCUT2D eigenvalue weighted by Crippen LogP contribution is 2.30. The van der Waals surface area contributed by atoms with Crippen LogP contribution in [0.2, 0.25) is 0 Å². The van der Waals surface area contributed by atoms with E-state index in [-0.39, 0.29) is 23.9 Å². The molecule has 0 fully saturated rings. The minimum Gasteiger partial charge on any atom is -0.325 e. The van der Waals surface area contributed by atoms with Crippen molar-refractivity contribution in [3.05, 3.63) is 64.2 Å². The van der Waals surface area contributed by atoms with Crippen LogP contribution in [-0.2, 0) is 22.6 Å². The number of amides is 2. The van der Waals surface area contributed by atoms with Crippen molar-refractivity contribution in [3.8, 4) is 0 Å². The molecule has 0 saturated carbocycles. The molecule has 4 rings (SSSR count). The zero-order valence-corrected chi connectivity index (χ0v) is 15.7. The average molecular weight is 376 g/mol. The highest BCUT2D eigenvalue weighted by atomic mass is 16.2. The Bertz CT molecular complexity index is 1170. The number of carbonyl (C=O) groups excluding carboxylic acids is 2. The summed E-state index contributed by atoms with van der Waals surface area (Å²) in [4.78, 5) is 42.8. The quantitative estimate of drug-likeness (QED) is 0.760. The lowest BCUT2D eigenvalue weighted by atomic mass is 10.1. The molecule has 2 amide bonds. The van der Waals surface area contributed by atoms with Gasteiger partial charge < -0.3 is 10.2 Å². The molecule has 0 aliphatic carbocycles. The van der Waals surface area contributed by atoms with Gasteiger partial charge in [0.25, 0.3) is 5.56 Å². The molecule has 142 valence electrons. The van der Waals surface area contributed by atoms with Gasteiger partial charge in [0.15, 0.2) is 0 Å². The van der Waals surface area contributed by atoms with Crippen LogP contribution >= 0.6 is 0 Å². The first kappa shape index (κ1) is 17.9. The van der Waals surface area contributed by atoms with Crippen LogP contribution in [-0.4, -0.2) is 27.9 Å². The molecule has 0 saturated heterocycles. The van der Waals surface area contributed by atoms with Gasteiger partial charge in [0.05, 0.1) is 17.2 Å². The van der Waals surface area contributed by atoms with Gasteiger partial charge in [-0.1, -0.05) is 12.1 Å². The first-order valence-corrected chi connectivity index (χ1v) is 9.09. The van der Waals surface area contributed by atoms with E-state index in [9.17, 15) is 14.4 Å². The summed E-state index contributed by atoms with van der Waals surface area (Å²) in [5, 5.41) is 3.32. The lowest BCUT2D eigenvalue weighted by Gasteiger charge is -2.15. The van der Waals surface area contributed by atoms with Crippen LogP contribution in [0.15, 0.2) is 47.5 Å². The van der Waals surface area contributed by atoms with E-state index >= 15 is 0 Å². The fourth-order valence-electron chi connectivity index (χ4n) is 3.61. The molecule has 2 aromatic carbocycles. The molecular formula is C21H20N4O3. The van der Waals surface area contributed by atoms with Crippen molar-refractivity contribution in [2.75, 3.05) is 16.8 Å². The fourth-order valence-corrected chi connectivity index (χ4v) is 3.61. The van der Waals surface area contributed by atoms with Crippen molar-refractivity contribution < 1.29 is 9.59 Å². The van der Waals surface area contributed by atoms with E-state index in [4.69, 9.17) is 0 Å². The van der Waals surface area contributed by atoms with Gasteiger partial charge in [-0.15, -0.1) is 0 Å². The second-order valence-electron chi connectivity index (χ2n) is 6.96. The largest absolute Gasteiger partial charge is 0.325 e. The Morgan fingerprint density at radius 2 is 2.04 bits per heavy atom. The van der Waals surface area contributed by atoms with Gasteiger partial charge in [0.1, 0.15) is 6.54 Å². The molecule has 7 heteroatoms. The van der Waals surface area contributed by atoms with Crippen LogP contribution in [0, 0.1) is 6.92 Å². The van der Waals surface area contributed by atoms with Gasteiger partial charge in [-0.2, -0.15) is 0 Å². The van der Waals surface area contributed by atoms with E-state index in [1.54, 1.807) is 30.0 Å². The lowest BCUT2D eigenvalue weighted by molar-refractivity contribution is -0.117. The fraction of sp³-hybridized carbons (Fsp3) is 0.238. The van der Waals surface area contributed by atoms with Crippen LogP contribution < -0.4 is 15.8 Å². The van der Waals surface area contributed by atoms with E-state index in [2.05, 4.69) is 10.3 Å². The number of nitrogens with zero attached hydrogens (tertiary/aromatic N) is 3. The first-order valence-electron chi connectivity index (χ1n) is 9.09. The molecule has 2 heterocycles. The van der Waals surface area contributed by atoms with Crippen LogP contribution in [0.1, 0.15) is 18.1 Å². The van der Waals surface area contributed by atoms with Crippen molar-refractivity contribution >= 4 is 34.1 Å². The van der Waals surface area contributed by atoms with Crippen molar-refractivity contribution in [1.29, 1.82) is 0 Å². The monoisotopic (exact) mass is 376 g/mol. The molecule has 1 aliphatic rings. The van der Waals surface area contributed by atoms with E-state index in [0.29, 0.717) is 23.1 Å². The second-order valence-corrected chi connectivity index (χ2v) is 6.96. The molecule has 1 N–H and O–H groups in total. The summed E-state index contributed by atoms with van der Waals surface area (Å²) >= 11 is 0. The Morgan fingerprint density at radius 3 is 2.82 bits per heavy atom. The van der Waals surface area contributed by atoms with E-state index in [0.717, 1.165) is 23.2 Å². The summed E-state index contributed by atoms with van der Waals surface area (Å²) in [7, 11) is 0. The minimum atomic E-state index is -0.308. The Balaban J connectivity index is 1.53. The molecule has 0 unspecified atom stereocenters. The van der Waals surface area contributed by atoms with Crippen molar-refractivity contribution in [3.63, 3.8) is 0 Å². The smallest absolute Gasteiger partial charge is 0.261 e. The molecule has 0 atom stereocenters. The molecule has 7 nitrogen and oxygen atoms in total. The van der Waals surface area contributed by atoms with Gasteiger partial charge in [-0.05, 0) is 48.7 Å². The summed E-state index contributed by atoms with van der Waals surface area (Å²) in [6.45, 7) is 3.97. The number of fused-ring (bicyclic) bond motifs is 2. The predicted molar refractivity (Wildman–Crippen MR) is 108 cm³/mol. The van der Waals surface area contributed by atoms with Crippen LogP contribution in [0.25, 0.3) is 10.9 Å². The van der Waals surface area contributed by atoms with Crippen LogP contribution in [0.3, 0.4) is 0 Å². The van der Waals surface area contributed by atoms with Gasteiger partial charge in [-0.25, -0.2) is 4.98 Å². The van der Waals surface area contributed by atoms with Crippen molar-refractivity contribution in [2.45, 2.75) is 26.8 Å². The maximum Gasteiger partial charge on any atom is 0.261 e. The average Bonchev–Trinajstić information content (AvgIpc) is 3.08. The van der Waals surface area contributed by atoms with E-state index in [1.165, 1.54) is 10.9 Å². The number of aryl methyl sites for hydroxylation is 1. The van der Waals surface area contributed by atoms with Gasteiger partial charge in [-0.3, -0.25) is 19.0 Å². The zero-order valence-electron chi connectivity index (χ0n) is 15.7. The highest BCUT2D eigenvalue weighted by molar-refractivity contribution is 5.95. The zero-order chi connectivity index (χ0) is 19.8. The number of anilines is 2. The second kappa shape index (κ2) is 6.92. The number of nitrogens with one attached hydrogen (secondary N) is 1. The predicted octanol–water partition coefficient (Wildman–Crippen LogP) is 2.25. The summed E-state index contributed by atoms with van der Waals surface area (Å²) in [5.74, 6) is -0.300. The lowest BCUT2D eigenvalue weighted by Crippen LogP contribution is -2.28. The maximum absolute atomic E-state index is 12.6. The standard InChI is InChI=1S/C21H20N4O3/c1-13-4-3-5-17-20(13)22-12-24(21(17)28)11-19(27)23-16-6-7-18-15(10-16)8-9-25(18)14(2)26/h3-7,10,12H,8-9,11H2,1-2H3,(H,23,27). The SMILES string of the molecule is CC(=O)N1CCc2cc(NC(=O)Cn3cnc4c(C)cccc4c3=O)ccc21. The summed E-state index contributed by atoms with van der Waals surface area (Å²) < 4.78 is 1.31. The number of carbonyl (C=O) groups is 2. The summed E-state index contributed by atoms with van der Waals surface area (Å²) in [6.07, 6.45) is 2.16. The molecular weight excluding hydrogens is 356 g/mol. The third-order valence-corrected chi connectivity index (χ3v) is 5.01. The normalized spacial score (nSPS) is 12.9. The van der Waals surface area contributed by atoms with Crippen LogP contribution in [0.5, 0.6) is 0 Å². The number of hydrogen-bond donors (Lipinski definition) is 1. The Hall–Kier alpha value is -3.48. The number of rotatable bonds is 3. The minimum absolute atomic E-state index is 0.00829. The van der Waals surface area contributed by atoms with E-state index in [1.807, 2.05) is 25.1 Å². The van der Waals surface area contributed by atoms with Crippen molar-refractivity contribution in [1.82, 2.24) is 9.55 Å². The number of para-hydroxylation sites is 1. The number of benzene rings is 2. The highest BCUT2D eigenvalue weighted by Gasteiger charge is 2.22.